The van der Waals surface area contributed by atoms with E-state index in [1.54, 1.807) is 0 Å². The maximum Gasteiger partial charge on any atom is 0.105 e. The molecule has 0 spiro atoms. The van der Waals surface area contributed by atoms with Crippen LogP contribution >= 0.6 is 0 Å². The van der Waals surface area contributed by atoms with E-state index in [0.29, 0.717) is 0 Å². The molecule has 0 aliphatic heterocycles. The Hall–Kier alpha value is -1.70. The first-order valence-electron chi connectivity index (χ1n) is 6.76. The summed E-state index contributed by atoms with van der Waals surface area (Å²) in [6, 6.07) is 10.6. The molecule has 0 aliphatic rings. The van der Waals surface area contributed by atoms with Crippen LogP contribution < -0.4 is 4.90 Å². The molecule has 0 amide bonds. The Kier molecular flexibility index (Phi) is 3.70. The molecular weight excluding hydrogens is 234 g/mol. The molecule has 2 heteroatoms. The Morgan fingerprint density at radius 1 is 1.05 bits per heavy atom. The number of hydrogen-bond donors (Lipinski definition) is 0. The van der Waals surface area contributed by atoms with Gasteiger partial charge in [0.2, 0.25) is 0 Å². The molecule has 0 saturated carbocycles. The highest BCUT2D eigenvalue weighted by Crippen LogP contribution is 2.28. The van der Waals surface area contributed by atoms with Gasteiger partial charge in [0.05, 0.1) is 6.26 Å². The quantitative estimate of drug-likeness (QED) is 0.792. The van der Waals surface area contributed by atoms with Crippen LogP contribution in [0.4, 0.5) is 5.69 Å². The predicted molar refractivity (Wildman–Crippen MR) is 80.6 cm³/mol. The summed E-state index contributed by atoms with van der Waals surface area (Å²) < 4.78 is 5.52. The largest absolute Gasteiger partial charge is 0.469 e. The molecule has 1 aromatic carbocycles. The molecule has 0 unspecified atom stereocenters. The van der Waals surface area contributed by atoms with E-state index in [2.05, 4.69) is 62.9 Å². The molecule has 2 nitrogen and oxygen atoms in total. The molecule has 0 aliphatic carbocycles. The van der Waals surface area contributed by atoms with Gasteiger partial charge in [-0.25, -0.2) is 0 Å². The second-order valence-corrected chi connectivity index (χ2v) is 6.05. The molecule has 0 fully saturated rings. The van der Waals surface area contributed by atoms with Crippen molar-refractivity contribution in [3.05, 3.63) is 53.5 Å². The van der Waals surface area contributed by atoms with Crippen molar-refractivity contribution in [2.45, 2.75) is 46.7 Å². The molecular formula is C17H23NO. The number of rotatable bonds is 3. The normalized spacial score (nSPS) is 11.6. The molecule has 0 N–H and O–H groups in total. The first-order chi connectivity index (χ1) is 8.89. The number of benzene rings is 1. The van der Waals surface area contributed by atoms with Crippen LogP contribution in [0, 0.1) is 13.8 Å². The number of aryl methyl sites for hydroxylation is 2. The highest BCUT2D eigenvalue weighted by Gasteiger charge is 2.23. The summed E-state index contributed by atoms with van der Waals surface area (Å²) >= 11 is 0. The summed E-state index contributed by atoms with van der Waals surface area (Å²) in [5, 5.41) is 0. The van der Waals surface area contributed by atoms with Crippen molar-refractivity contribution in [3.63, 3.8) is 0 Å². The van der Waals surface area contributed by atoms with Gasteiger partial charge >= 0.3 is 0 Å². The topological polar surface area (TPSA) is 16.4 Å². The van der Waals surface area contributed by atoms with E-state index < -0.39 is 0 Å². The number of hydrogen-bond acceptors (Lipinski definition) is 2. The minimum Gasteiger partial charge on any atom is -0.469 e. The fourth-order valence-electron chi connectivity index (χ4n) is 2.31. The number of nitrogens with zero attached hydrogens (tertiary/aromatic N) is 1. The first kappa shape index (κ1) is 13.7. The van der Waals surface area contributed by atoms with Gasteiger partial charge in [-0.3, -0.25) is 0 Å². The molecule has 0 bridgehead atoms. The summed E-state index contributed by atoms with van der Waals surface area (Å²) in [7, 11) is 0. The first-order valence-corrected chi connectivity index (χ1v) is 6.76. The number of para-hydroxylation sites is 1. The van der Waals surface area contributed by atoms with Crippen LogP contribution in [0.15, 0.2) is 41.0 Å². The summed E-state index contributed by atoms with van der Waals surface area (Å²) in [6.45, 7) is 11.7. The lowest BCUT2D eigenvalue weighted by atomic mass is 10.0. The second kappa shape index (κ2) is 5.12. The lowest BCUT2D eigenvalue weighted by molar-refractivity contribution is 0.491. The van der Waals surface area contributed by atoms with Crippen LogP contribution in [-0.2, 0) is 6.54 Å². The standard InChI is InChI=1S/C17H23NO/c1-13-12-19-14(2)16(13)11-18(17(3,4)5)15-9-7-6-8-10-15/h6-10,12H,11H2,1-5H3. The van der Waals surface area contributed by atoms with Gasteiger partial charge < -0.3 is 9.32 Å². The van der Waals surface area contributed by atoms with Crippen molar-refractivity contribution >= 4 is 5.69 Å². The Labute approximate surface area is 116 Å². The Balaban J connectivity index is 2.36. The highest BCUT2D eigenvalue weighted by molar-refractivity contribution is 5.49. The Bertz CT molecular complexity index is 515. The Morgan fingerprint density at radius 2 is 1.68 bits per heavy atom. The lowest BCUT2D eigenvalue weighted by Gasteiger charge is -2.38. The van der Waals surface area contributed by atoms with Crippen LogP contribution in [0.1, 0.15) is 37.7 Å². The van der Waals surface area contributed by atoms with Crippen molar-refractivity contribution in [1.29, 1.82) is 0 Å². The predicted octanol–water partition coefficient (Wildman–Crippen LogP) is 4.70. The zero-order valence-electron chi connectivity index (χ0n) is 12.5. The van der Waals surface area contributed by atoms with Crippen molar-refractivity contribution in [1.82, 2.24) is 0 Å². The lowest BCUT2D eigenvalue weighted by Crippen LogP contribution is -2.41. The van der Waals surface area contributed by atoms with Crippen LogP contribution in [-0.4, -0.2) is 5.54 Å². The molecule has 2 rings (SSSR count). The molecule has 2 aromatic rings. The van der Waals surface area contributed by atoms with Gasteiger partial charge in [-0.2, -0.15) is 0 Å². The molecule has 0 radical (unpaired) electrons. The van der Waals surface area contributed by atoms with Crippen LogP contribution in [0.3, 0.4) is 0 Å². The smallest absolute Gasteiger partial charge is 0.105 e. The average Bonchev–Trinajstić information content (AvgIpc) is 2.66. The van der Waals surface area contributed by atoms with Crippen molar-refractivity contribution in [2.24, 2.45) is 0 Å². The van der Waals surface area contributed by atoms with Gasteiger partial charge in [-0.1, -0.05) is 18.2 Å². The zero-order chi connectivity index (χ0) is 14.0. The summed E-state index contributed by atoms with van der Waals surface area (Å²) in [5.74, 6) is 1.02. The third kappa shape index (κ3) is 3.01. The third-order valence-corrected chi connectivity index (χ3v) is 3.51. The van der Waals surface area contributed by atoms with Gasteiger partial charge in [0.25, 0.3) is 0 Å². The average molecular weight is 257 g/mol. The molecule has 0 atom stereocenters. The van der Waals surface area contributed by atoms with Crippen molar-refractivity contribution in [3.8, 4) is 0 Å². The number of anilines is 1. The van der Waals surface area contributed by atoms with Crippen LogP contribution in [0.5, 0.6) is 0 Å². The molecule has 1 aromatic heterocycles. The molecule has 0 saturated heterocycles. The second-order valence-electron chi connectivity index (χ2n) is 6.05. The summed E-state index contributed by atoms with van der Waals surface area (Å²) in [4.78, 5) is 2.41. The van der Waals surface area contributed by atoms with Crippen LogP contribution in [0.25, 0.3) is 0 Å². The maximum absolute atomic E-state index is 5.52. The fraction of sp³-hybridized carbons (Fsp3) is 0.412. The fourth-order valence-corrected chi connectivity index (χ4v) is 2.31. The van der Waals surface area contributed by atoms with Crippen LogP contribution in [0.2, 0.25) is 0 Å². The third-order valence-electron chi connectivity index (χ3n) is 3.51. The zero-order valence-corrected chi connectivity index (χ0v) is 12.5. The van der Waals surface area contributed by atoms with Gasteiger partial charge in [0.15, 0.2) is 0 Å². The van der Waals surface area contributed by atoms with E-state index in [-0.39, 0.29) is 5.54 Å². The molecule has 19 heavy (non-hydrogen) atoms. The van der Waals surface area contributed by atoms with E-state index in [9.17, 15) is 0 Å². The van der Waals surface area contributed by atoms with E-state index >= 15 is 0 Å². The van der Waals surface area contributed by atoms with Crippen molar-refractivity contribution in [2.75, 3.05) is 4.90 Å². The SMILES string of the molecule is Cc1coc(C)c1CN(c1ccccc1)C(C)(C)C. The van der Waals surface area contributed by atoms with E-state index in [4.69, 9.17) is 4.42 Å². The molecule has 102 valence electrons. The minimum atomic E-state index is 0.0670. The van der Waals surface area contributed by atoms with Gasteiger partial charge in [-0.15, -0.1) is 0 Å². The summed E-state index contributed by atoms with van der Waals surface area (Å²) in [5.41, 5.74) is 3.83. The van der Waals surface area contributed by atoms with E-state index in [1.807, 2.05) is 13.2 Å². The number of furan rings is 1. The van der Waals surface area contributed by atoms with Gasteiger partial charge in [0, 0.05) is 23.3 Å². The van der Waals surface area contributed by atoms with E-state index in [0.717, 1.165) is 12.3 Å². The van der Waals surface area contributed by atoms with Crippen molar-refractivity contribution < 1.29 is 4.42 Å². The summed E-state index contributed by atoms with van der Waals surface area (Å²) in [6.07, 6.45) is 1.84. The monoisotopic (exact) mass is 257 g/mol. The Morgan fingerprint density at radius 3 is 2.16 bits per heavy atom. The van der Waals surface area contributed by atoms with Gasteiger partial charge in [0.1, 0.15) is 5.76 Å². The van der Waals surface area contributed by atoms with Gasteiger partial charge in [-0.05, 0) is 52.3 Å². The van der Waals surface area contributed by atoms with E-state index in [1.165, 1.54) is 16.8 Å². The highest BCUT2D eigenvalue weighted by atomic mass is 16.3. The maximum atomic E-state index is 5.52. The molecule has 1 heterocycles. The minimum absolute atomic E-state index is 0.0670.